The summed E-state index contributed by atoms with van der Waals surface area (Å²) in [4.78, 5) is 16.4. The molecule has 0 aliphatic heterocycles. The zero-order valence-electron chi connectivity index (χ0n) is 16.1. The summed E-state index contributed by atoms with van der Waals surface area (Å²) < 4.78 is 12.7. The van der Waals surface area contributed by atoms with Crippen LogP contribution in [0, 0.1) is 6.92 Å². The van der Waals surface area contributed by atoms with Crippen molar-refractivity contribution < 1.29 is 14.3 Å². The van der Waals surface area contributed by atoms with Crippen LogP contribution < -0.4 is 9.47 Å². The van der Waals surface area contributed by atoms with Gasteiger partial charge in [0.05, 0.1) is 19.8 Å². The second kappa shape index (κ2) is 8.86. The molecule has 0 unspecified atom stereocenters. The number of aromatic nitrogens is 2. The molecule has 0 radical (unpaired) electrons. The lowest BCUT2D eigenvalue weighted by Crippen LogP contribution is -1.95. The van der Waals surface area contributed by atoms with Gasteiger partial charge in [-0.25, -0.2) is 4.98 Å². The normalized spacial score (nSPS) is 11.2. The SMILES string of the molecule is COc1cccc(OC)c1/C=C/C(=O)/C=C/c1ccc(-n2ccnc2C)cc1. The number of imidazole rings is 1. The molecule has 0 bridgehead atoms. The Morgan fingerprint density at radius 3 is 2.18 bits per heavy atom. The van der Waals surface area contributed by atoms with Crippen molar-refractivity contribution in [3.05, 3.63) is 84.0 Å². The number of carbonyl (C=O) groups is 1. The van der Waals surface area contributed by atoms with Gasteiger partial charge in [-0.1, -0.05) is 24.3 Å². The molecule has 1 aromatic heterocycles. The Hall–Kier alpha value is -3.60. The van der Waals surface area contributed by atoms with Gasteiger partial charge < -0.3 is 14.0 Å². The molecule has 0 saturated heterocycles. The van der Waals surface area contributed by atoms with Gasteiger partial charge in [0.25, 0.3) is 0 Å². The fraction of sp³-hybridized carbons (Fsp3) is 0.130. The van der Waals surface area contributed by atoms with Crippen LogP contribution >= 0.6 is 0 Å². The maximum Gasteiger partial charge on any atom is 0.178 e. The van der Waals surface area contributed by atoms with Gasteiger partial charge in [0.2, 0.25) is 0 Å². The molecule has 0 fully saturated rings. The number of rotatable bonds is 7. The molecule has 0 saturated carbocycles. The molecule has 0 spiro atoms. The summed E-state index contributed by atoms with van der Waals surface area (Å²) in [6.45, 7) is 1.95. The Balaban J connectivity index is 1.71. The smallest absolute Gasteiger partial charge is 0.178 e. The van der Waals surface area contributed by atoms with Gasteiger partial charge in [0, 0.05) is 18.1 Å². The third-order valence-electron chi connectivity index (χ3n) is 4.32. The number of aryl methyl sites for hydroxylation is 1. The number of methoxy groups -OCH3 is 2. The fourth-order valence-corrected chi connectivity index (χ4v) is 2.84. The number of allylic oxidation sites excluding steroid dienone is 2. The standard InChI is InChI=1S/C23H22N2O3/c1-17-24-15-16-25(17)19-10-7-18(8-11-19)9-12-20(26)13-14-21-22(27-2)5-4-6-23(21)28-3/h4-16H,1-3H3/b12-9+,14-13+. The van der Waals surface area contributed by atoms with Crippen LogP contribution in [-0.2, 0) is 4.79 Å². The number of nitrogens with zero attached hydrogens (tertiary/aromatic N) is 2. The van der Waals surface area contributed by atoms with Crippen molar-refractivity contribution in [2.24, 2.45) is 0 Å². The summed E-state index contributed by atoms with van der Waals surface area (Å²) in [5.41, 5.74) is 2.70. The summed E-state index contributed by atoms with van der Waals surface area (Å²) in [5.74, 6) is 2.10. The van der Waals surface area contributed by atoms with Gasteiger partial charge in [-0.05, 0) is 55.0 Å². The lowest BCUT2D eigenvalue weighted by molar-refractivity contribution is -0.110. The zero-order valence-corrected chi connectivity index (χ0v) is 16.1. The highest BCUT2D eigenvalue weighted by Gasteiger charge is 2.06. The molecule has 0 N–H and O–H groups in total. The molecule has 3 rings (SSSR count). The van der Waals surface area contributed by atoms with Crippen molar-refractivity contribution in [1.82, 2.24) is 9.55 Å². The minimum atomic E-state index is -0.123. The van der Waals surface area contributed by atoms with Gasteiger partial charge in [-0.15, -0.1) is 0 Å². The highest BCUT2D eigenvalue weighted by molar-refractivity contribution is 6.04. The van der Waals surface area contributed by atoms with Crippen molar-refractivity contribution in [1.29, 1.82) is 0 Å². The molecule has 2 aromatic carbocycles. The topological polar surface area (TPSA) is 53.4 Å². The number of ketones is 1. The molecule has 28 heavy (non-hydrogen) atoms. The van der Waals surface area contributed by atoms with Crippen molar-refractivity contribution >= 4 is 17.9 Å². The van der Waals surface area contributed by atoms with Gasteiger partial charge in [0.1, 0.15) is 17.3 Å². The minimum Gasteiger partial charge on any atom is -0.496 e. The zero-order chi connectivity index (χ0) is 19.9. The molecule has 1 heterocycles. The van der Waals surface area contributed by atoms with Crippen molar-refractivity contribution in [2.75, 3.05) is 14.2 Å². The van der Waals surface area contributed by atoms with Crippen LogP contribution in [0.3, 0.4) is 0 Å². The third-order valence-corrected chi connectivity index (χ3v) is 4.32. The quantitative estimate of drug-likeness (QED) is 0.572. The molecule has 5 nitrogen and oxygen atoms in total. The van der Waals surface area contributed by atoms with Gasteiger partial charge >= 0.3 is 0 Å². The number of carbonyl (C=O) groups excluding carboxylic acids is 1. The molecular formula is C23H22N2O3. The highest BCUT2D eigenvalue weighted by atomic mass is 16.5. The van der Waals surface area contributed by atoms with Crippen LogP contribution in [0.2, 0.25) is 0 Å². The second-order valence-corrected chi connectivity index (χ2v) is 6.08. The first kappa shape index (κ1) is 19.2. The summed E-state index contributed by atoms with van der Waals surface area (Å²) in [5, 5.41) is 0. The summed E-state index contributed by atoms with van der Waals surface area (Å²) in [6.07, 6.45) is 10.2. The molecule has 142 valence electrons. The molecule has 0 atom stereocenters. The van der Waals surface area contributed by atoms with E-state index in [1.165, 1.54) is 12.2 Å². The number of benzene rings is 2. The van der Waals surface area contributed by atoms with E-state index < -0.39 is 0 Å². The van der Waals surface area contributed by atoms with Crippen molar-refractivity contribution in [3.8, 4) is 17.2 Å². The molecule has 0 aliphatic rings. The van der Waals surface area contributed by atoms with E-state index >= 15 is 0 Å². The van der Waals surface area contributed by atoms with E-state index in [2.05, 4.69) is 4.98 Å². The molecular weight excluding hydrogens is 352 g/mol. The van der Waals surface area contributed by atoms with Gasteiger partial charge in [0.15, 0.2) is 5.78 Å². The molecule has 3 aromatic rings. The van der Waals surface area contributed by atoms with E-state index in [1.54, 1.807) is 32.6 Å². The highest BCUT2D eigenvalue weighted by Crippen LogP contribution is 2.29. The molecule has 5 heteroatoms. The Bertz CT molecular complexity index is 992. The van der Waals surface area contributed by atoms with E-state index in [-0.39, 0.29) is 5.78 Å². The average molecular weight is 374 g/mol. The van der Waals surface area contributed by atoms with Crippen molar-refractivity contribution in [2.45, 2.75) is 6.92 Å². The Kier molecular flexibility index (Phi) is 6.07. The average Bonchev–Trinajstić information content (AvgIpc) is 3.16. The molecule has 0 aliphatic carbocycles. The lowest BCUT2D eigenvalue weighted by atomic mass is 10.1. The van der Waals surface area contributed by atoms with Gasteiger partial charge in [-0.2, -0.15) is 0 Å². The predicted molar refractivity (Wildman–Crippen MR) is 111 cm³/mol. The lowest BCUT2D eigenvalue weighted by Gasteiger charge is -2.09. The van der Waals surface area contributed by atoms with Crippen LogP contribution in [0.5, 0.6) is 11.5 Å². The maximum absolute atomic E-state index is 12.2. The van der Waals surface area contributed by atoms with E-state index in [9.17, 15) is 4.79 Å². The first-order valence-electron chi connectivity index (χ1n) is 8.84. The van der Waals surface area contributed by atoms with E-state index in [1.807, 2.05) is 60.2 Å². The van der Waals surface area contributed by atoms with E-state index in [4.69, 9.17) is 9.47 Å². The molecule has 0 amide bonds. The second-order valence-electron chi connectivity index (χ2n) is 6.08. The van der Waals surface area contributed by atoms with Crippen LogP contribution in [0.4, 0.5) is 0 Å². The van der Waals surface area contributed by atoms with Crippen LogP contribution in [0.1, 0.15) is 17.0 Å². The van der Waals surface area contributed by atoms with Crippen molar-refractivity contribution in [3.63, 3.8) is 0 Å². The monoisotopic (exact) mass is 374 g/mol. The fourth-order valence-electron chi connectivity index (χ4n) is 2.84. The van der Waals surface area contributed by atoms with E-state index in [0.717, 1.165) is 22.6 Å². The predicted octanol–water partition coefficient (Wildman–Crippen LogP) is 4.49. The number of hydrogen-bond donors (Lipinski definition) is 0. The summed E-state index contributed by atoms with van der Waals surface area (Å²) in [7, 11) is 3.17. The summed E-state index contributed by atoms with van der Waals surface area (Å²) in [6, 6.07) is 13.4. The minimum absolute atomic E-state index is 0.123. The van der Waals surface area contributed by atoms with Crippen LogP contribution in [0.15, 0.2) is 67.0 Å². The van der Waals surface area contributed by atoms with Gasteiger partial charge in [-0.3, -0.25) is 4.79 Å². The Morgan fingerprint density at radius 1 is 0.964 bits per heavy atom. The van der Waals surface area contributed by atoms with Crippen LogP contribution in [-0.4, -0.2) is 29.6 Å². The van der Waals surface area contributed by atoms with E-state index in [0.29, 0.717) is 11.5 Å². The largest absolute Gasteiger partial charge is 0.496 e. The first-order chi connectivity index (χ1) is 13.6. The Labute approximate surface area is 164 Å². The van der Waals surface area contributed by atoms with Crippen LogP contribution in [0.25, 0.3) is 17.8 Å². The third kappa shape index (κ3) is 4.38. The number of ether oxygens (including phenoxy) is 2. The Morgan fingerprint density at radius 2 is 1.61 bits per heavy atom. The maximum atomic E-state index is 12.2. The number of hydrogen-bond acceptors (Lipinski definition) is 4. The first-order valence-corrected chi connectivity index (χ1v) is 8.84. The summed E-state index contributed by atoms with van der Waals surface area (Å²) >= 11 is 0.